The number of nitrogens with two attached hydrogens (primary N) is 1. The highest BCUT2D eigenvalue weighted by molar-refractivity contribution is 5.76. The van der Waals surface area contributed by atoms with Gasteiger partial charge in [-0.15, -0.1) is 5.10 Å². The minimum Gasteiger partial charge on any atom is -0.366 e. The van der Waals surface area contributed by atoms with Crippen LogP contribution in [0.1, 0.15) is 63.4 Å². The van der Waals surface area contributed by atoms with Crippen LogP contribution in [0.3, 0.4) is 0 Å². The molecule has 2 aromatic heterocycles. The number of nitrogens with zero attached hydrogens (tertiary/aromatic N) is 4. The van der Waals surface area contributed by atoms with Crippen molar-refractivity contribution >= 4 is 17.6 Å². The van der Waals surface area contributed by atoms with Crippen LogP contribution in [0.5, 0.6) is 0 Å². The molecule has 2 heterocycles. The van der Waals surface area contributed by atoms with Crippen molar-refractivity contribution in [3.63, 3.8) is 0 Å². The van der Waals surface area contributed by atoms with Crippen LogP contribution in [0.15, 0.2) is 0 Å². The Balaban J connectivity index is 1.92. The second-order valence-corrected chi connectivity index (χ2v) is 7.24. The number of amides is 1. The van der Waals surface area contributed by atoms with Crippen molar-refractivity contribution in [1.82, 2.24) is 24.9 Å². The number of hydrogen-bond donors (Lipinski definition) is 2. The lowest BCUT2D eigenvalue weighted by Crippen LogP contribution is -2.32. The SMILES string of the molecule is Cc1nc2nc(N)nn2c(C)c1CCC(=O)N[C@@H](C)CCCC(C)C. The monoisotopic (exact) mass is 346 g/mol. The lowest BCUT2D eigenvalue weighted by Gasteiger charge is -2.15. The lowest BCUT2D eigenvalue weighted by molar-refractivity contribution is -0.121. The van der Waals surface area contributed by atoms with Gasteiger partial charge in [-0.25, -0.2) is 4.98 Å². The van der Waals surface area contributed by atoms with Crippen LogP contribution in [0.25, 0.3) is 5.78 Å². The molecule has 0 aliphatic rings. The van der Waals surface area contributed by atoms with Gasteiger partial charge in [0, 0.05) is 23.9 Å². The fourth-order valence-electron chi connectivity index (χ4n) is 3.08. The van der Waals surface area contributed by atoms with Crippen LogP contribution >= 0.6 is 0 Å². The predicted octanol–water partition coefficient (Wildman–Crippen LogP) is 2.59. The van der Waals surface area contributed by atoms with Gasteiger partial charge >= 0.3 is 0 Å². The van der Waals surface area contributed by atoms with Gasteiger partial charge in [-0.2, -0.15) is 9.50 Å². The summed E-state index contributed by atoms with van der Waals surface area (Å²) in [4.78, 5) is 20.7. The van der Waals surface area contributed by atoms with Gasteiger partial charge in [0.25, 0.3) is 5.78 Å². The number of fused-ring (bicyclic) bond motifs is 1. The summed E-state index contributed by atoms with van der Waals surface area (Å²) < 4.78 is 1.64. The first-order valence-corrected chi connectivity index (χ1v) is 9.05. The number of carbonyl (C=O) groups is 1. The Morgan fingerprint density at radius 1 is 1.20 bits per heavy atom. The Labute approximate surface area is 149 Å². The summed E-state index contributed by atoms with van der Waals surface area (Å²) in [6.45, 7) is 10.4. The second-order valence-electron chi connectivity index (χ2n) is 7.24. The number of nitrogens with one attached hydrogen (secondary N) is 1. The molecule has 0 aliphatic heterocycles. The van der Waals surface area contributed by atoms with Crippen LogP contribution in [0.2, 0.25) is 0 Å². The van der Waals surface area contributed by atoms with Crippen LogP contribution in [0, 0.1) is 19.8 Å². The Bertz CT molecular complexity index is 737. The number of aromatic nitrogens is 4. The third-order valence-corrected chi connectivity index (χ3v) is 4.49. The number of carbonyl (C=O) groups excluding carboxylic acids is 1. The Kier molecular flexibility index (Phi) is 6.33. The third-order valence-electron chi connectivity index (χ3n) is 4.49. The largest absolute Gasteiger partial charge is 0.366 e. The molecule has 0 radical (unpaired) electrons. The molecule has 138 valence electrons. The summed E-state index contributed by atoms with van der Waals surface area (Å²) in [6.07, 6.45) is 4.43. The molecule has 0 saturated heterocycles. The maximum absolute atomic E-state index is 12.2. The zero-order valence-corrected chi connectivity index (χ0v) is 16.0. The van der Waals surface area contributed by atoms with E-state index in [1.807, 2.05) is 13.8 Å². The van der Waals surface area contributed by atoms with E-state index in [0.717, 1.165) is 29.8 Å². The average molecular weight is 346 g/mol. The fraction of sp³-hybridized carbons (Fsp3) is 0.667. The van der Waals surface area contributed by atoms with Crippen molar-refractivity contribution in [3.05, 3.63) is 17.0 Å². The van der Waals surface area contributed by atoms with Crippen molar-refractivity contribution in [2.45, 2.75) is 72.8 Å². The van der Waals surface area contributed by atoms with E-state index < -0.39 is 0 Å². The van der Waals surface area contributed by atoms with Crippen LogP contribution in [-0.4, -0.2) is 31.5 Å². The first-order valence-electron chi connectivity index (χ1n) is 9.05. The smallest absolute Gasteiger partial charge is 0.254 e. The van der Waals surface area contributed by atoms with Gasteiger partial charge in [-0.1, -0.05) is 26.7 Å². The van der Waals surface area contributed by atoms with Crippen molar-refractivity contribution in [2.75, 3.05) is 5.73 Å². The van der Waals surface area contributed by atoms with Crippen molar-refractivity contribution < 1.29 is 4.79 Å². The Hall–Kier alpha value is -2.18. The second kappa shape index (κ2) is 8.27. The van der Waals surface area contributed by atoms with E-state index in [0.29, 0.717) is 24.5 Å². The number of nitrogen functional groups attached to an aromatic ring is 1. The van der Waals surface area contributed by atoms with Gasteiger partial charge in [0.05, 0.1) is 0 Å². The predicted molar refractivity (Wildman–Crippen MR) is 99.3 cm³/mol. The zero-order chi connectivity index (χ0) is 18.6. The minimum atomic E-state index is 0.0778. The van der Waals surface area contributed by atoms with E-state index in [2.05, 4.69) is 41.2 Å². The summed E-state index contributed by atoms with van der Waals surface area (Å²) >= 11 is 0. The topological polar surface area (TPSA) is 98.2 Å². The van der Waals surface area contributed by atoms with Crippen LogP contribution in [-0.2, 0) is 11.2 Å². The van der Waals surface area contributed by atoms with Gasteiger partial charge < -0.3 is 11.1 Å². The summed E-state index contributed by atoms with van der Waals surface area (Å²) in [5.41, 5.74) is 8.48. The van der Waals surface area contributed by atoms with Crippen LogP contribution in [0.4, 0.5) is 5.95 Å². The highest BCUT2D eigenvalue weighted by Gasteiger charge is 2.14. The number of aryl methyl sites for hydroxylation is 2. The van der Waals surface area contributed by atoms with Gasteiger partial charge in [0.15, 0.2) is 0 Å². The summed E-state index contributed by atoms with van der Waals surface area (Å²) in [7, 11) is 0. The molecule has 2 rings (SSSR count). The van der Waals surface area contributed by atoms with Gasteiger partial charge in [0.2, 0.25) is 11.9 Å². The molecule has 2 aromatic rings. The molecule has 25 heavy (non-hydrogen) atoms. The minimum absolute atomic E-state index is 0.0778. The maximum Gasteiger partial charge on any atom is 0.254 e. The molecule has 7 heteroatoms. The molecule has 3 N–H and O–H groups in total. The standard InChI is InChI=1S/C18H30N6O/c1-11(2)7-6-8-12(3)20-16(25)10-9-15-13(4)21-18-22-17(19)23-24(18)14(15)5/h11-12H,6-10H2,1-5H3,(H2,19,23)(H,20,25)/t12-/m0/s1. The quantitative estimate of drug-likeness (QED) is 0.765. The normalized spacial score (nSPS) is 12.7. The molecular formula is C18H30N6O. The average Bonchev–Trinajstić information content (AvgIpc) is 2.87. The molecule has 0 spiro atoms. The summed E-state index contributed by atoms with van der Waals surface area (Å²) in [5.74, 6) is 1.50. The molecule has 0 saturated carbocycles. The maximum atomic E-state index is 12.2. The first-order chi connectivity index (χ1) is 11.8. The molecule has 0 bridgehead atoms. The molecule has 0 aromatic carbocycles. The van der Waals surface area contributed by atoms with Gasteiger partial charge in [-0.05, 0) is 45.1 Å². The summed E-state index contributed by atoms with van der Waals surface area (Å²) in [5, 5.41) is 7.25. The number of hydrogen-bond acceptors (Lipinski definition) is 5. The van der Waals surface area contributed by atoms with Crippen molar-refractivity contribution in [3.8, 4) is 0 Å². The zero-order valence-electron chi connectivity index (χ0n) is 16.0. The van der Waals surface area contributed by atoms with Gasteiger partial charge in [0.1, 0.15) is 0 Å². The number of rotatable bonds is 8. The Morgan fingerprint density at radius 2 is 1.92 bits per heavy atom. The van der Waals surface area contributed by atoms with E-state index in [-0.39, 0.29) is 17.9 Å². The highest BCUT2D eigenvalue weighted by Crippen LogP contribution is 2.16. The highest BCUT2D eigenvalue weighted by atomic mass is 16.1. The number of anilines is 1. The fourth-order valence-corrected chi connectivity index (χ4v) is 3.08. The molecule has 0 aliphatic carbocycles. The van der Waals surface area contributed by atoms with Crippen molar-refractivity contribution in [2.24, 2.45) is 5.92 Å². The summed E-state index contributed by atoms with van der Waals surface area (Å²) in [6, 6.07) is 0.212. The van der Waals surface area contributed by atoms with E-state index in [4.69, 9.17) is 5.73 Å². The van der Waals surface area contributed by atoms with E-state index in [9.17, 15) is 4.79 Å². The van der Waals surface area contributed by atoms with Crippen molar-refractivity contribution in [1.29, 1.82) is 0 Å². The van der Waals surface area contributed by atoms with E-state index in [1.165, 1.54) is 6.42 Å². The Morgan fingerprint density at radius 3 is 2.60 bits per heavy atom. The third kappa shape index (κ3) is 5.14. The van der Waals surface area contributed by atoms with Crippen LogP contribution < -0.4 is 11.1 Å². The molecule has 7 nitrogen and oxygen atoms in total. The van der Waals surface area contributed by atoms with Gasteiger partial charge in [-0.3, -0.25) is 4.79 Å². The van der Waals surface area contributed by atoms with E-state index in [1.54, 1.807) is 4.52 Å². The van der Waals surface area contributed by atoms with E-state index >= 15 is 0 Å². The molecular weight excluding hydrogens is 316 g/mol. The molecule has 0 fully saturated rings. The molecule has 1 amide bonds. The molecule has 1 atom stereocenters. The first kappa shape index (κ1) is 19.1. The lowest BCUT2D eigenvalue weighted by atomic mass is 10.0. The molecule has 0 unspecified atom stereocenters.